The summed E-state index contributed by atoms with van der Waals surface area (Å²) in [7, 11) is 1.44. The minimum Gasteiger partial charge on any atom is -0.259 e. The Morgan fingerprint density at radius 1 is 1.50 bits per heavy atom. The van der Waals surface area contributed by atoms with Crippen LogP contribution in [0, 0.1) is 0 Å². The first-order chi connectivity index (χ1) is 4.84. The van der Waals surface area contributed by atoms with Crippen molar-refractivity contribution in [2.45, 2.75) is 0 Å². The molecule has 0 saturated heterocycles. The molecule has 1 rings (SSSR count). The third kappa shape index (κ3) is 1.40. The largest absolute Gasteiger partial charge is 0.265 e. The van der Waals surface area contributed by atoms with Crippen LogP contribution in [0.25, 0.3) is 0 Å². The maximum Gasteiger partial charge on any atom is 0.265 e. The van der Waals surface area contributed by atoms with Crippen molar-refractivity contribution in [3.05, 3.63) is 18.5 Å². The SMILES string of the molecule is CON(N)c1ncccn1. The topological polar surface area (TPSA) is 64.3 Å². The summed E-state index contributed by atoms with van der Waals surface area (Å²) in [6, 6.07) is 1.70. The van der Waals surface area contributed by atoms with Gasteiger partial charge in [-0.1, -0.05) is 0 Å². The highest BCUT2D eigenvalue weighted by molar-refractivity contribution is 5.20. The molecule has 1 aromatic heterocycles. The molecule has 0 saturated carbocycles. The van der Waals surface area contributed by atoms with Gasteiger partial charge in [0.25, 0.3) is 5.95 Å². The van der Waals surface area contributed by atoms with Crippen LogP contribution in [0.4, 0.5) is 5.95 Å². The van der Waals surface area contributed by atoms with E-state index in [1.54, 1.807) is 18.5 Å². The fraction of sp³-hybridized carbons (Fsp3) is 0.200. The molecule has 0 atom stereocenters. The highest BCUT2D eigenvalue weighted by Gasteiger charge is 1.98. The molecule has 2 N–H and O–H groups in total. The van der Waals surface area contributed by atoms with E-state index in [0.29, 0.717) is 5.95 Å². The van der Waals surface area contributed by atoms with E-state index in [2.05, 4.69) is 14.8 Å². The van der Waals surface area contributed by atoms with Crippen LogP contribution in [0.2, 0.25) is 0 Å². The van der Waals surface area contributed by atoms with Gasteiger partial charge in [0, 0.05) is 12.4 Å². The summed E-state index contributed by atoms with van der Waals surface area (Å²) < 4.78 is 0. The molecule has 0 spiro atoms. The lowest BCUT2D eigenvalue weighted by Gasteiger charge is -2.10. The molecule has 0 amide bonds. The fourth-order valence-electron chi connectivity index (χ4n) is 0.487. The predicted molar refractivity (Wildman–Crippen MR) is 35.7 cm³/mol. The average molecular weight is 140 g/mol. The summed E-state index contributed by atoms with van der Waals surface area (Å²) in [5.74, 6) is 5.62. The van der Waals surface area contributed by atoms with Crippen LogP contribution < -0.4 is 11.0 Å². The van der Waals surface area contributed by atoms with Gasteiger partial charge in [0.2, 0.25) is 0 Å². The van der Waals surface area contributed by atoms with Crippen molar-refractivity contribution in [3.8, 4) is 0 Å². The summed E-state index contributed by atoms with van der Waals surface area (Å²) in [5.41, 5.74) is 0. The van der Waals surface area contributed by atoms with E-state index in [1.165, 1.54) is 7.11 Å². The molecular formula is C5H8N4O. The van der Waals surface area contributed by atoms with Crippen LogP contribution in [0.15, 0.2) is 18.5 Å². The van der Waals surface area contributed by atoms with E-state index in [1.807, 2.05) is 0 Å². The lowest BCUT2D eigenvalue weighted by molar-refractivity contribution is 0.163. The number of aromatic nitrogens is 2. The normalized spacial score (nSPS) is 9.40. The van der Waals surface area contributed by atoms with E-state index in [0.717, 1.165) is 5.17 Å². The minimum atomic E-state index is 0.338. The standard InChI is InChI=1S/C5H8N4O/c1-10-9(6)5-7-3-2-4-8-5/h2-4H,6H2,1H3. The summed E-state index contributed by atoms with van der Waals surface area (Å²) in [6.07, 6.45) is 3.17. The van der Waals surface area contributed by atoms with Gasteiger partial charge in [-0.15, -0.1) is 5.17 Å². The summed E-state index contributed by atoms with van der Waals surface area (Å²) >= 11 is 0. The quantitative estimate of drug-likeness (QED) is 0.452. The second-order valence-corrected chi connectivity index (χ2v) is 1.56. The predicted octanol–water partition coefficient (Wildman–Crippen LogP) is -0.282. The molecule has 0 radical (unpaired) electrons. The Morgan fingerprint density at radius 2 is 2.10 bits per heavy atom. The number of rotatable bonds is 2. The molecule has 54 valence electrons. The molecule has 5 nitrogen and oxygen atoms in total. The highest BCUT2D eigenvalue weighted by atomic mass is 16.7. The Hall–Kier alpha value is -1.20. The number of hydrogen-bond donors (Lipinski definition) is 1. The second-order valence-electron chi connectivity index (χ2n) is 1.56. The lowest BCUT2D eigenvalue weighted by atomic mass is 10.7. The number of nitrogens with zero attached hydrogens (tertiary/aromatic N) is 3. The van der Waals surface area contributed by atoms with Gasteiger partial charge in [0.1, 0.15) is 0 Å². The van der Waals surface area contributed by atoms with Crippen LogP contribution in [0.3, 0.4) is 0 Å². The molecule has 1 heterocycles. The molecule has 0 aliphatic rings. The number of nitrogens with two attached hydrogens (primary N) is 1. The van der Waals surface area contributed by atoms with Crippen LogP contribution in [0.1, 0.15) is 0 Å². The van der Waals surface area contributed by atoms with E-state index in [-0.39, 0.29) is 0 Å². The van der Waals surface area contributed by atoms with Crippen molar-refractivity contribution in [3.63, 3.8) is 0 Å². The number of hydrogen-bond acceptors (Lipinski definition) is 5. The summed E-state index contributed by atoms with van der Waals surface area (Å²) in [5, 5.41) is 0.986. The van der Waals surface area contributed by atoms with Crippen LogP contribution in [-0.4, -0.2) is 17.1 Å². The molecule has 0 aromatic carbocycles. The third-order valence-corrected chi connectivity index (χ3v) is 0.946. The molecule has 1 aromatic rings. The van der Waals surface area contributed by atoms with Gasteiger partial charge < -0.3 is 0 Å². The number of hydrazine groups is 1. The molecule has 0 fully saturated rings. The zero-order chi connectivity index (χ0) is 7.40. The van der Waals surface area contributed by atoms with Gasteiger partial charge in [-0.05, 0) is 6.07 Å². The minimum absolute atomic E-state index is 0.338. The van der Waals surface area contributed by atoms with Crippen LogP contribution in [0.5, 0.6) is 0 Å². The Kier molecular flexibility index (Phi) is 2.14. The molecule has 0 aliphatic carbocycles. The molecule has 0 aliphatic heterocycles. The van der Waals surface area contributed by atoms with Crippen molar-refractivity contribution in [2.75, 3.05) is 12.3 Å². The first-order valence-corrected chi connectivity index (χ1v) is 2.70. The van der Waals surface area contributed by atoms with Gasteiger partial charge in [-0.2, -0.15) is 0 Å². The maximum atomic E-state index is 5.28. The van der Waals surface area contributed by atoms with Gasteiger partial charge in [0.05, 0.1) is 7.11 Å². The third-order valence-electron chi connectivity index (χ3n) is 0.946. The first kappa shape index (κ1) is 6.91. The van der Waals surface area contributed by atoms with Gasteiger partial charge >= 0.3 is 0 Å². The van der Waals surface area contributed by atoms with Gasteiger partial charge in [-0.3, -0.25) is 4.84 Å². The van der Waals surface area contributed by atoms with E-state index < -0.39 is 0 Å². The Balaban J connectivity index is 2.75. The van der Waals surface area contributed by atoms with E-state index >= 15 is 0 Å². The van der Waals surface area contributed by atoms with E-state index in [4.69, 9.17) is 5.84 Å². The van der Waals surface area contributed by atoms with E-state index in [9.17, 15) is 0 Å². The van der Waals surface area contributed by atoms with Crippen molar-refractivity contribution in [2.24, 2.45) is 5.84 Å². The monoisotopic (exact) mass is 140 g/mol. The Labute approximate surface area is 58.4 Å². The highest BCUT2D eigenvalue weighted by Crippen LogP contribution is 1.97. The fourth-order valence-corrected chi connectivity index (χ4v) is 0.487. The van der Waals surface area contributed by atoms with Crippen molar-refractivity contribution in [1.82, 2.24) is 9.97 Å². The number of anilines is 1. The second kappa shape index (κ2) is 3.09. The zero-order valence-corrected chi connectivity index (χ0v) is 5.56. The first-order valence-electron chi connectivity index (χ1n) is 2.70. The molecular weight excluding hydrogens is 132 g/mol. The van der Waals surface area contributed by atoms with Gasteiger partial charge in [-0.25, -0.2) is 15.8 Å². The molecule has 0 unspecified atom stereocenters. The molecule has 0 bridgehead atoms. The smallest absolute Gasteiger partial charge is 0.259 e. The average Bonchev–Trinajstić information content (AvgIpc) is 2.05. The maximum absolute atomic E-state index is 5.28. The lowest BCUT2D eigenvalue weighted by Crippen LogP contribution is -2.30. The summed E-state index contributed by atoms with van der Waals surface area (Å²) in [4.78, 5) is 12.3. The van der Waals surface area contributed by atoms with Crippen LogP contribution in [-0.2, 0) is 4.84 Å². The molecule has 5 heteroatoms. The van der Waals surface area contributed by atoms with Crippen LogP contribution >= 0.6 is 0 Å². The molecule has 10 heavy (non-hydrogen) atoms. The Morgan fingerprint density at radius 3 is 2.60 bits per heavy atom. The summed E-state index contributed by atoms with van der Waals surface area (Å²) in [6.45, 7) is 0. The van der Waals surface area contributed by atoms with Gasteiger partial charge in [0.15, 0.2) is 0 Å². The van der Waals surface area contributed by atoms with Crippen molar-refractivity contribution >= 4 is 5.95 Å². The van der Waals surface area contributed by atoms with Crippen molar-refractivity contribution in [1.29, 1.82) is 0 Å². The Bertz CT molecular complexity index is 190. The van der Waals surface area contributed by atoms with Crippen molar-refractivity contribution < 1.29 is 4.84 Å². The zero-order valence-electron chi connectivity index (χ0n) is 5.56.